The van der Waals surface area contributed by atoms with Crippen molar-refractivity contribution >= 4 is 23.2 Å². The second-order valence-corrected chi connectivity index (χ2v) is 7.28. The molecule has 8 heteroatoms. The summed E-state index contributed by atoms with van der Waals surface area (Å²) in [6, 6.07) is 9.09. The highest BCUT2D eigenvalue weighted by molar-refractivity contribution is 6.04. The molecule has 8 nitrogen and oxygen atoms in total. The molecule has 0 radical (unpaired) electrons. The monoisotopic (exact) mass is 427 g/mol. The molecule has 0 aliphatic carbocycles. The summed E-state index contributed by atoms with van der Waals surface area (Å²) in [6.45, 7) is 3.36. The van der Waals surface area contributed by atoms with Crippen molar-refractivity contribution in [2.75, 3.05) is 44.6 Å². The molecule has 0 unspecified atom stereocenters. The lowest BCUT2D eigenvalue weighted by Gasteiger charge is -2.31. The predicted octanol–water partition coefficient (Wildman–Crippen LogP) is 3.20. The van der Waals surface area contributed by atoms with Crippen LogP contribution in [0.1, 0.15) is 35.7 Å². The van der Waals surface area contributed by atoms with E-state index in [2.05, 4.69) is 17.6 Å². The Labute approximate surface area is 182 Å². The number of nitrogens with zero attached hydrogens (tertiary/aromatic N) is 1. The fraction of sp³-hybridized carbons (Fsp3) is 0.391. The Bertz CT molecular complexity index is 935. The van der Waals surface area contributed by atoms with Gasteiger partial charge in [0.2, 0.25) is 11.7 Å². The van der Waals surface area contributed by atoms with Crippen LogP contribution in [0, 0.1) is 0 Å². The van der Waals surface area contributed by atoms with Gasteiger partial charge < -0.3 is 29.7 Å². The molecule has 2 N–H and O–H groups in total. The molecule has 3 rings (SSSR count). The molecular weight excluding hydrogens is 398 g/mol. The third kappa shape index (κ3) is 5.02. The summed E-state index contributed by atoms with van der Waals surface area (Å²) in [4.78, 5) is 26.7. The lowest BCUT2D eigenvalue weighted by atomic mass is 10.1. The zero-order valence-electron chi connectivity index (χ0n) is 18.4. The predicted molar refractivity (Wildman–Crippen MR) is 119 cm³/mol. The number of anilines is 2. The van der Waals surface area contributed by atoms with E-state index in [1.54, 1.807) is 33.5 Å². The molecule has 0 saturated heterocycles. The number of carbonyl (C=O) groups excluding carboxylic acids is 2. The third-order valence-corrected chi connectivity index (χ3v) is 5.12. The van der Waals surface area contributed by atoms with Gasteiger partial charge >= 0.3 is 0 Å². The SMILES string of the molecule is CCCCNC(=O)c1ccc2c(c1)NC(=O)CN2Cc1cc(OC)c(OC)c(OC)c1. The topological polar surface area (TPSA) is 89.1 Å². The van der Waals surface area contributed by atoms with Crippen molar-refractivity contribution in [3.63, 3.8) is 0 Å². The number of ether oxygens (including phenoxy) is 3. The molecule has 0 saturated carbocycles. The molecule has 0 atom stereocenters. The summed E-state index contributed by atoms with van der Waals surface area (Å²) >= 11 is 0. The van der Waals surface area contributed by atoms with Gasteiger partial charge in [0.25, 0.3) is 5.91 Å². The van der Waals surface area contributed by atoms with Gasteiger partial charge in [-0.15, -0.1) is 0 Å². The standard InChI is InChI=1S/C23H29N3O5/c1-5-6-9-24-23(28)16-7-8-18-17(12-16)25-21(27)14-26(18)13-15-10-19(29-2)22(31-4)20(11-15)30-3/h7-8,10-12H,5-6,9,13-14H2,1-4H3,(H,24,28)(H,25,27). The third-order valence-electron chi connectivity index (χ3n) is 5.12. The van der Waals surface area contributed by atoms with Gasteiger partial charge in [-0.1, -0.05) is 13.3 Å². The zero-order chi connectivity index (χ0) is 22.4. The number of hydrogen-bond donors (Lipinski definition) is 2. The highest BCUT2D eigenvalue weighted by atomic mass is 16.5. The van der Waals surface area contributed by atoms with E-state index in [-0.39, 0.29) is 18.4 Å². The van der Waals surface area contributed by atoms with E-state index in [1.807, 2.05) is 23.1 Å². The second-order valence-electron chi connectivity index (χ2n) is 7.28. The Morgan fingerprint density at radius 2 is 1.81 bits per heavy atom. The summed E-state index contributed by atoms with van der Waals surface area (Å²) in [5.74, 6) is 1.34. The van der Waals surface area contributed by atoms with Crippen LogP contribution in [0.5, 0.6) is 17.2 Å². The minimum Gasteiger partial charge on any atom is -0.493 e. The second kappa shape index (κ2) is 10.1. The summed E-state index contributed by atoms with van der Waals surface area (Å²) in [7, 11) is 4.69. The van der Waals surface area contributed by atoms with Crippen LogP contribution in [0.4, 0.5) is 11.4 Å². The van der Waals surface area contributed by atoms with Crippen molar-refractivity contribution in [3.05, 3.63) is 41.5 Å². The van der Waals surface area contributed by atoms with Crippen LogP contribution >= 0.6 is 0 Å². The maximum atomic E-state index is 12.4. The normalized spacial score (nSPS) is 12.6. The average Bonchev–Trinajstić information content (AvgIpc) is 2.77. The number of carbonyl (C=O) groups is 2. The summed E-state index contributed by atoms with van der Waals surface area (Å²) in [5, 5.41) is 5.77. The number of methoxy groups -OCH3 is 3. The smallest absolute Gasteiger partial charge is 0.251 e. The first-order chi connectivity index (χ1) is 15.0. The van der Waals surface area contributed by atoms with Crippen LogP contribution < -0.4 is 29.7 Å². The number of unbranched alkanes of at least 4 members (excludes halogenated alkanes) is 1. The molecule has 166 valence electrons. The molecule has 2 aromatic rings. The first kappa shape index (κ1) is 22.3. The maximum absolute atomic E-state index is 12.4. The van der Waals surface area contributed by atoms with Gasteiger partial charge in [-0.05, 0) is 42.3 Å². The van der Waals surface area contributed by atoms with Gasteiger partial charge in [0.15, 0.2) is 11.5 Å². The van der Waals surface area contributed by atoms with E-state index in [4.69, 9.17) is 14.2 Å². The molecule has 0 aromatic heterocycles. The van der Waals surface area contributed by atoms with Crippen molar-refractivity contribution in [2.24, 2.45) is 0 Å². The number of fused-ring (bicyclic) bond motifs is 1. The Morgan fingerprint density at radius 3 is 2.42 bits per heavy atom. The van der Waals surface area contributed by atoms with Gasteiger partial charge in [0, 0.05) is 18.7 Å². The van der Waals surface area contributed by atoms with Crippen molar-refractivity contribution < 1.29 is 23.8 Å². The first-order valence-corrected chi connectivity index (χ1v) is 10.3. The Morgan fingerprint density at radius 1 is 1.10 bits per heavy atom. The Hall–Kier alpha value is -3.42. The van der Waals surface area contributed by atoms with Crippen molar-refractivity contribution in [2.45, 2.75) is 26.3 Å². The van der Waals surface area contributed by atoms with Crippen molar-refractivity contribution in [1.29, 1.82) is 0 Å². The lowest BCUT2D eigenvalue weighted by molar-refractivity contribution is -0.115. The van der Waals surface area contributed by atoms with Crippen LogP contribution in [-0.2, 0) is 11.3 Å². The molecule has 2 amide bonds. The molecule has 0 bridgehead atoms. The molecule has 0 fully saturated rings. The Balaban J connectivity index is 1.86. The van der Waals surface area contributed by atoms with E-state index in [0.717, 1.165) is 24.1 Å². The van der Waals surface area contributed by atoms with E-state index >= 15 is 0 Å². The number of rotatable bonds is 9. The summed E-state index contributed by atoms with van der Waals surface area (Å²) in [6.07, 6.45) is 1.94. The summed E-state index contributed by atoms with van der Waals surface area (Å²) in [5.41, 5.74) is 2.88. The van der Waals surface area contributed by atoms with E-state index in [1.165, 1.54) is 0 Å². The Kier molecular flexibility index (Phi) is 7.23. The van der Waals surface area contributed by atoms with Crippen molar-refractivity contribution in [3.8, 4) is 17.2 Å². The molecule has 0 spiro atoms. The first-order valence-electron chi connectivity index (χ1n) is 10.3. The highest BCUT2D eigenvalue weighted by Crippen LogP contribution is 2.39. The molecular formula is C23H29N3O5. The average molecular weight is 428 g/mol. The van der Waals surface area contributed by atoms with Gasteiger partial charge in [-0.3, -0.25) is 9.59 Å². The zero-order valence-corrected chi connectivity index (χ0v) is 18.4. The summed E-state index contributed by atoms with van der Waals surface area (Å²) < 4.78 is 16.3. The van der Waals surface area contributed by atoms with Gasteiger partial charge in [-0.2, -0.15) is 0 Å². The molecule has 31 heavy (non-hydrogen) atoms. The minimum atomic E-state index is -0.146. The largest absolute Gasteiger partial charge is 0.493 e. The van der Waals surface area contributed by atoms with E-state index in [0.29, 0.717) is 41.6 Å². The van der Waals surface area contributed by atoms with Gasteiger partial charge in [-0.25, -0.2) is 0 Å². The van der Waals surface area contributed by atoms with E-state index < -0.39 is 0 Å². The quantitative estimate of drug-likeness (QED) is 0.598. The fourth-order valence-corrected chi connectivity index (χ4v) is 3.57. The van der Waals surface area contributed by atoms with Crippen LogP contribution in [0.15, 0.2) is 30.3 Å². The number of amides is 2. The van der Waals surface area contributed by atoms with Gasteiger partial charge in [0.05, 0.1) is 39.2 Å². The minimum absolute atomic E-state index is 0.136. The molecule has 1 heterocycles. The van der Waals surface area contributed by atoms with Crippen LogP contribution in [0.25, 0.3) is 0 Å². The van der Waals surface area contributed by atoms with Crippen molar-refractivity contribution in [1.82, 2.24) is 5.32 Å². The van der Waals surface area contributed by atoms with E-state index in [9.17, 15) is 9.59 Å². The fourth-order valence-electron chi connectivity index (χ4n) is 3.57. The number of hydrogen-bond acceptors (Lipinski definition) is 6. The molecule has 2 aromatic carbocycles. The maximum Gasteiger partial charge on any atom is 0.251 e. The van der Waals surface area contributed by atoms with Crippen LogP contribution in [0.2, 0.25) is 0 Å². The highest BCUT2D eigenvalue weighted by Gasteiger charge is 2.24. The van der Waals surface area contributed by atoms with Gasteiger partial charge in [0.1, 0.15) is 0 Å². The van der Waals surface area contributed by atoms with Crippen LogP contribution in [-0.4, -0.2) is 46.2 Å². The molecule has 1 aliphatic heterocycles. The van der Waals surface area contributed by atoms with Crippen LogP contribution in [0.3, 0.4) is 0 Å². The lowest BCUT2D eigenvalue weighted by Crippen LogP contribution is -2.38. The molecule has 1 aliphatic rings. The number of nitrogens with one attached hydrogen (secondary N) is 2. The number of benzene rings is 2.